The number of pyridine rings is 2. The quantitative estimate of drug-likeness (QED) is 0.467. The van der Waals surface area contributed by atoms with Crippen LogP contribution in [0, 0.1) is 0 Å². The van der Waals surface area contributed by atoms with Gasteiger partial charge in [-0.1, -0.05) is 0 Å². The standard InChI is InChI=1S/C24H30N8O/c1-16(33)15-32-21-14-25-9-6-19(21)20-13-27-24(29-23(20)32)28-22-5-4-18(12-26-22)31-10-7-17(8-11-31)30(2)3/h4-6,9,12-14,16-17,33H,7-8,10-11,15H2,1-3H3,(H,26,27,28,29)/t16-/m0/s1. The molecule has 0 radical (unpaired) electrons. The zero-order chi connectivity index (χ0) is 22.9. The lowest BCUT2D eigenvalue weighted by molar-refractivity contribution is 0.176. The zero-order valence-corrected chi connectivity index (χ0v) is 19.3. The molecule has 0 amide bonds. The van der Waals surface area contributed by atoms with Crippen molar-refractivity contribution in [3.63, 3.8) is 0 Å². The zero-order valence-electron chi connectivity index (χ0n) is 19.3. The number of anilines is 3. The molecule has 4 aromatic heterocycles. The van der Waals surface area contributed by atoms with Crippen LogP contribution < -0.4 is 10.2 Å². The van der Waals surface area contributed by atoms with E-state index in [1.165, 1.54) is 0 Å². The van der Waals surface area contributed by atoms with Crippen LogP contribution in [0.1, 0.15) is 19.8 Å². The van der Waals surface area contributed by atoms with E-state index in [0.717, 1.165) is 53.6 Å². The SMILES string of the molecule is C[C@H](O)Cn1c2cnccc2c2cnc(Nc3ccc(N4CCC(N(C)C)CC4)cn3)nc21. The van der Waals surface area contributed by atoms with E-state index in [-0.39, 0.29) is 0 Å². The normalized spacial score (nSPS) is 16.1. The molecule has 9 heteroatoms. The second kappa shape index (κ2) is 8.92. The monoisotopic (exact) mass is 446 g/mol. The predicted molar refractivity (Wildman–Crippen MR) is 131 cm³/mol. The molecule has 9 nitrogen and oxygen atoms in total. The maximum Gasteiger partial charge on any atom is 0.230 e. The van der Waals surface area contributed by atoms with Gasteiger partial charge in [-0.25, -0.2) is 9.97 Å². The molecule has 1 saturated heterocycles. The van der Waals surface area contributed by atoms with Gasteiger partial charge in [-0.05, 0) is 52.1 Å². The van der Waals surface area contributed by atoms with Gasteiger partial charge in [-0.3, -0.25) is 4.98 Å². The van der Waals surface area contributed by atoms with Crippen LogP contribution in [0.5, 0.6) is 0 Å². The van der Waals surface area contributed by atoms with Gasteiger partial charge in [0.15, 0.2) is 0 Å². The lowest BCUT2D eigenvalue weighted by Gasteiger charge is -2.36. The Morgan fingerprint density at radius 1 is 1.09 bits per heavy atom. The van der Waals surface area contributed by atoms with Crippen LogP contribution in [0.25, 0.3) is 21.9 Å². The molecule has 0 aliphatic carbocycles. The summed E-state index contributed by atoms with van der Waals surface area (Å²) in [4.78, 5) is 22.8. The van der Waals surface area contributed by atoms with Crippen molar-refractivity contribution >= 4 is 39.4 Å². The summed E-state index contributed by atoms with van der Waals surface area (Å²) in [5, 5.41) is 15.2. The largest absolute Gasteiger partial charge is 0.392 e. The Morgan fingerprint density at radius 2 is 1.91 bits per heavy atom. The Bertz CT molecular complexity index is 1240. The highest BCUT2D eigenvalue weighted by atomic mass is 16.3. The van der Waals surface area contributed by atoms with Crippen molar-refractivity contribution < 1.29 is 5.11 Å². The van der Waals surface area contributed by atoms with Crippen LogP contribution in [0.3, 0.4) is 0 Å². The van der Waals surface area contributed by atoms with Gasteiger partial charge in [0.05, 0.1) is 36.2 Å². The molecule has 0 saturated carbocycles. The summed E-state index contributed by atoms with van der Waals surface area (Å²) < 4.78 is 1.99. The molecule has 5 heterocycles. The third kappa shape index (κ3) is 4.34. The van der Waals surface area contributed by atoms with Crippen LogP contribution in [0.4, 0.5) is 17.5 Å². The van der Waals surface area contributed by atoms with Gasteiger partial charge >= 0.3 is 0 Å². The summed E-state index contributed by atoms with van der Waals surface area (Å²) in [5.74, 6) is 1.17. The molecular weight excluding hydrogens is 416 g/mol. The molecule has 33 heavy (non-hydrogen) atoms. The fraction of sp³-hybridized carbons (Fsp3) is 0.417. The van der Waals surface area contributed by atoms with Gasteiger partial charge in [-0.15, -0.1) is 0 Å². The van der Waals surface area contributed by atoms with Crippen LogP contribution in [0.15, 0.2) is 43.0 Å². The van der Waals surface area contributed by atoms with Crippen LogP contribution in [0.2, 0.25) is 0 Å². The van der Waals surface area contributed by atoms with E-state index in [1.807, 2.05) is 29.1 Å². The second-order valence-corrected chi connectivity index (χ2v) is 8.99. The fourth-order valence-corrected chi connectivity index (χ4v) is 4.62. The lowest BCUT2D eigenvalue weighted by atomic mass is 10.0. The van der Waals surface area contributed by atoms with Gasteiger partial charge in [-0.2, -0.15) is 4.98 Å². The Morgan fingerprint density at radius 3 is 2.61 bits per heavy atom. The fourth-order valence-electron chi connectivity index (χ4n) is 4.62. The van der Waals surface area contributed by atoms with Gasteiger partial charge in [0.1, 0.15) is 11.5 Å². The second-order valence-electron chi connectivity index (χ2n) is 8.99. The maximum atomic E-state index is 10.0. The van der Waals surface area contributed by atoms with Crippen molar-refractivity contribution in [3.05, 3.63) is 43.0 Å². The van der Waals surface area contributed by atoms with E-state index >= 15 is 0 Å². The average Bonchev–Trinajstić information content (AvgIpc) is 3.12. The summed E-state index contributed by atoms with van der Waals surface area (Å²) in [5.41, 5.74) is 2.83. The number of aromatic nitrogens is 5. The number of nitrogens with one attached hydrogen (secondary N) is 1. The van der Waals surface area contributed by atoms with Crippen molar-refractivity contribution in [3.8, 4) is 0 Å². The summed E-state index contributed by atoms with van der Waals surface area (Å²) >= 11 is 0. The first-order valence-electron chi connectivity index (χ1n) is 11.4. The highest BCUT2D eigenvalue weighted by Gasteiger charge is 2.21. The summed E-state index contributed by atoms with van der Waals surface area (Å²) in [6, 6.07) is 6.67. The molecule has 1 atom stereocenters. The Kier molecular flexibility index (Phi) is 5.82. The third-order valence-electron chi connectivity index (χ3n) is 6.40. The van der Waals surface area contributed by atoms with E-state index in [2.05, 4.69) is 50.2 Å². The van der Waals surface area contributed by atoms with Crippen molar-refractivity contribution in [2.24, 2.45) is 0 Å². The topological polar surface area (TPSA) is 95.2 Å². The molecule has 2 N–H and O–H groups in total. The molecule has 1 aliphatic heterocycles. The molecule has 0 spiro atoms. The molecule has 0 unspecified atom stereocenters. The van der Waals surface area contributed by atoms with E-state index in [0.29, 0.717) is 24.4 Å². The Hall–Kier alpha value is -3.30. The van der Waals surface area contributed by atoms with Crippen LogP contribution >= 0.6 is 0 Å². The maximum absolute atomic E-state index is 10.0. The van der Waals surface area contributed by atoms with E-state index in [4.69, 9.17) is 4.98 Å². The first-order valence-corrected chi connectivity index (χ1v) is 11.4. The molecule has 1 aliphatic rings. The van der Waals surface area contributed by atoms with Crippen molar-refractivity contribution in [2.75, 3.05) is 37.4 Å². The minimum Gasteiger partial charge on any atom is -0.392 e. The van der Waals surface area contributed by atoms with E-state index in [1.54, 1.807) is 19.3 Å². The lowest BCUT2D eigenvalue weighted by Crippen LogP contribution is -2.42. The first-order chi connectivity index (χ1) is 16.0. The number of aliphatic hydroxyl groups is 1. The van der Waals surface area contributed by atoms with Crippen molar-refractivity contribution in [2.45, 2.75) is 38.5 Å². The number of nitrogens with zero attached hydrogens (tertiary/aromatic N) is 7. The molecule has 0 bridgehead atoms. The van der Waals surface area contributed by atoms with Crippen molar-refractivity contribution in [1.82, 2.24) is 29.4 Å². The van der Waals surface area contributed by atoms with Crippen LogP contribution in [-0.4, -0.2) is 73.8 Å². The van der Waals surface area contributed by atoms with Crippen LogP contribution in [-0.2, 0) is 6.54 Å². The molecular formula is C24H30N8O. The highest BCUT2D eigenvalue weighted by molar-refractivity contribution is 6.06. The number of rotatable bonds is 6. The molecule has 5 rings (SSSR count). The Balaban J connectivity index is 1.36. The molecule has 0 aromatic carbocycles. The summed E-state index contributed by atoms with van der Waals surface area (Å²) in [6.45, 7) is 4.28. The number of piperidine rings is 1. The number of hydrogen-bond donors (Lipinski definition) is 2. The smallest absolute Gasteiger partial charge is 0.230 e. The minimum atomic E-state index is -0.507. The number of fused-ring (bicyclic) bond motifs is 3. The predicted octanol–water partition coefficient (Wildman–Crippen LogP) is 3.03. The highest BCUT2D eigenvalue weighted by Crippen LogP contribution is 2.28. The molecule has 172 valence electrons. The molecule has 4 aromatic rings. The summed E-state index contributed by atoms with van der Waals surface area (Å²) in [6.07, 6.45) is 9.10. The van der Waals surface area contributed by atoms with Gasteiger partial charge < -0.3 is 24.8 Å². The number of hydrogen-bond acceptors (Lipinski definition) is 8. The number of aliphatic hydroxyl groups excluding tert-OH is 1. The van der Waals surface area contributed by atoms with E-state index < -0.39 is 6.10 Å². The van der Waals surface area contributed by atoms with E-state index in [9.17, 15) is 5.11 Å². The Labute approximate surface area is 193 Å². The van der Waals surface area contributed by atoms with Gasteiger partial charge in [0.2, 0.25) is 5.95 Å². The molecule has 1 fully saturated rings. The first kappa shape index (κ1) is 21.5. The minimum absolute atomic E-state index is 0.430. The van der Waals surface area contributed by atoms with Crippen molar-refractivity contribution in [1.29, 1.82) is 0 Å². The summed E-state index contributed by atoms with van der Waals surface area (Å²) in [7, 11) is 4.31. The van der Waals surface area contributed by atoms with Gasteiger partial charge in [0, 0.05) is 42.3 Å². The average molecular weight is 447 g/mol. The third-order valence-corrected chi connectivity index (χ3v) is 6.40. The van der Waals surface area contributed by atoms with Gasteiger partial charge in [0.25, 0.3) is 0 Å².